The fourth-order valence-corrected chi connectivity index (χ4v) is 4.70. The second-order valence-corrected chi connectivity index (χ2v) is 8.54. The third kappa shape index (κ3) is 3.26. The molecule has 3 aromatic rings. The van der Waals surface area contributed by atoms with Crippen LogP contribution in [0.15, 0.2) is 60.0 Å². The minimum Gasteiger partial charge on any atom is -0.462 e. The molecule has 1 saturated heterocycles. The number of ether oxygens (including phenoxy) is 2. The summed E-state index contributed by atoms with van der Waals surface area (Å²) in [5.74, 6) is -0.830. The molecule has 168 valence electrons. The highest BCUT2D eigenvalue weighted by atomic mass is 19.3. The van der Waals surface area contributed by atoms with Gasteiger partial charge in [0.1, 0.15) is 18.2 Å². The Labute approximate surface area is 188 Å². The summed E-state index contributed by atoms with van der Waals surface area (Å²) in [5.41, 5.74) is 8.56. The standard InChI is InChI=1S/C24H21F2N5O2/c25-23(26)5-8-31(9-6-23)21-11-18-20(13-29-21)33-19-4-3-15(16-2-1-7-28-12-16)10-17(19)24(18)14-32-22(27)30-24/h1-4,7,10-13H,5-6,8-9,14H2,(H2,27,30)/t24-/m0/s1. The number of amidine groups is 1. The molecule has 1 aromatic carbocycles. The molecule has 9 heteroatoms. The van der Waals surface area contributed by atoms with Crippen molar-refractivity contribution in [2.45, 2.75) is 24.3 Å². The number of hydrogen-bond acceptors (Lipinski definition) is 7. The van der Waals surface area contributed by atoms with Crippen LogP contribution in [0, 0.1) is 0 Å². The molecule has 1 spiro atoms. The van der Waals surface area contributed by atoms with Gasteiger partial charge in [0.2, 0.25) is 0 Å². The van der Waals surface area contributed by atoms with Crippen molar-refractivity contribution in [2.24, 2.45) is 10.7 Å². The lowest BCUT2D eigenvalue weighted by molar-refractivity contribution is -0.0221. The maximum absolute atomic E-state index is 13.7. The number of rotatable bonds is 2. The van der Waals surface area contributed by atoms with Gasteiger partial charge in [-0.05, 0) is 29.8 Å². The number of fused-ring (bicyclic) bond motifs is 4. The van der Waals surface area contributed by atoms with Gasteiger partial charge in [-0.25, -0.2) is 18.8 Å². The van der Waals surface area contributed by atoms with Gasteiger partial charge in [-0.15, -0.1) is 0 Å². The molecule has 1 fully saturated rings. The predicted octanol–water partition coefficient (Wildman–Crippen LogP) is 4.07. The van der Waals surface area contributed by atoms with Gasteiger partial charge in [0.25, 0.3) is 11.9 Å². The van der Waals surface area contributed by atoms with Crippen LogP contribution in [-0.4, -0.2) is 41.6 Å². The van der Waals surface area contributed by atoms with Gasteiger partial charge in [0.15, 0.2) is 11.3 Å². The number of halogens is 2. The Morgan fingerprint density at radius 1 is 0.970 bits per heavy atom. The van der Waals surface area contributed by atoms with Gasteiger partial charge in [-0.2, -0.15) is 0 Å². The number of piperidine rings is 1. The number of aliphatic imine (C=N–C) groups is 1. The van der Waals surface area contributed by atoms with E-state index in [4.69, 9.17) is 20.2 Å². The van der Waals surface area contributed by atoms with Crippen LogP contribution in [0.1, 0.15) is 24.0 Å². The van der Waals surface area contributed by atoms with Gasteiger partial charge in [-0.1, -0.05) is 12.1 Å². The van der Waals surface area contributed by atoms with E-state index in [1.54, 1.807) is 18.6 Å². The first-order chi connectivity index (χ1) is 15.9. The number of alkyl halides is 2. The maximum Gasteiger partial charge on any atom is 0.283 e. The number of aromatic nitrogens is 2. The Bertz CT molecular complexity index is 1260. The minimum atomic E-state index is -2.63. The maximum atomic E-state index is 13.7. The van der Waals surface area contributed by atoms with Crippen LogP contribution in [0.25, 0.3) is 11.1 Å². The summed E-state index contributed by atoms with van der Waals surface area (Å²) in [6, 6.07) is 11.7. The largest absolute Gasteiger partial charge is 0.462 e. The van der Waals surface area contributed by atoms with Crippen LogP contribution in [0.2, 0.25) is 0 Å². The molecular formula is C24H21F2N5O2. The number of benzene rings is 1. The Morgan fingerprint density at radius 3 is 2.52 bits per heavy atom. The van der Waals surface area contributed by atoms with Crippen LogP contribution >= 0.6 is 0 Å². The van der Waals surface area contributed by atoms with E-state index in [1.807, 2.05) is 41.3 Å². The van der Waals surface area contributed by atoms with Crippen LogP contribution in [0.4, 0.5) is 14.6 Å². The Morgan fingerprint density at radius 2 is 1.79 bits per heavy atom. The molecule has 2 aromatic heterocycles. The molecule has 0 bridgehead atoms. The molecule has 7 nitrogen and oxygen atoms in total. The average Bonchev–Trinajstić information content (AvgIpc) is 3.22. The SMILES string of the molecule is NC1=N[C@@]2(CO1)c1cc(-c3cccnc3)ccc1Oc1cnc(N3CCC(F)(F)CC3)cc12. The summed E-state index contributed by atoms with van der Waals surface area (Å²) in [7, 11) is 0. The van der Waals surface area contributed by atoms with Crippen molar-refractivity contribution >= 4 is 11.8 Å². The van der Waals surface area contributed by atoms with Crippen LogP contribution < -0.4 is 15.4 Å². The second-order valence-electron chi connectivity index (χ2n) is 8.54. The quantitative estimate of drug-likeness (QED) is 0.635. The molecule has 3 aliphatic rings. The Hall–Kier alpha value is -3.75. The number of nitrogens with zero attached hydrogens (tertiary/aromatic N) is 4. The van der Waals surface area contributed by atoms with E-state index < -0.39 is 11.5 Å². The summed E-state index contributed by atoms with van der Waals surface area (Å²) in [5, 5.41) is 0. The fourth-order valence-electron chi connectivity index (χ4n) is 4.70. The van der Waals surface area contributed by atoms with E-state index >= 15 is 0 Å². The van der Waals surface area contributed by atoms with E-state index in [0.717, 1.165) is 22.3 Å². The molecule has 5 heterocycles. The smallest absolute Gasteiger partial charge is 0.283 e. The second kappa shape index (κ2) is 7.13. The van der Waals surface area contributed by atoms with Gasteiger partial charge in [0.05, 0.1) is 6.20 Å². The summed E-state index contributed by atoms with van der Waals surface area (Å²) >= 11 is 0. The van der Waals surface area contributed by atoms with E-state index in [9.17, 15) is 8.78 Å². The molecule has 0 radical (unpaired) electrons. The zero-order chi connectivity index (χ0) is 22.6. The summed E-state index contributed by atoms with van der Waals surface area (Å²) in [6.07, 6.45) is 4.76. The van der Waals surface area contributed by atoms with Gasteiger partial charge >= 0.3 is 0 Å². The summed E-state index contributed by atoms with van der Waals surface area (Å²) in [4.78, 5) is 15.3. The van der Waals surface area contributed by atoms with Gasteiger partial charge < -0.3 is 20.1 Å². The molecule has 6 rings (SSSR count). The molecule has 2 N–H and O–H groups in total. The zero-order valence-corrected chi connectivity index (χ0v) is 17.7. The van der Waals surface area contributed by atoms with Crippen LogP contribution in [-0.2, 0) is 10.3 Å². The van der Waals surface area contributed by atoms with Gasteiger partial charge in [0, 0.05) is 55.0 Å². The Balaban J connectivity index is 1.46. The molecule has 0 unspecified atom stereocenters. The third-order valence-corrected chi connectivity index (χ3v) is 6.49. The molecule has 0 saturated carbocycles. The van der Waals surface area contributed by atoms with Crippen molar-refractivity contribution in [1.82, 2.24) is 9.97 Å². The topological polar surface area (TPSA) is 85.9 Å². The molecule has 1 atom stereocenters. The highest BCUT2D eigenvalue weighted by Crippen LogP contribution is 2.52. The molecule has 0 amide bonds. The van der Waals surface area contributed by atoms with Crippen molar-refractivity contribution in [3.8, 4) is 22.6 Å². The van der Waals surface area contributed by atoms with Crippen molar-refractivity contribution < 1.29 is 18.3 Å². The summed E-state index contributed by atoms with van der Waals surface area (Å²) < 4.78 is 39.2. The lowest BCUT2D eigenvalue weighted by Gasteiger charge is -2.36. The monoisotopic (exact) mass is 449 g/mol. The molecule has 3 aliphatic heterocycles. The molecule has 33 heavy (non-hydrogen) atoms. The lowest BCUT2D eigenvalue weighted by Crippen LogP contribution is -2.40. The summed E-state index contributed by atoms with van der Waals surface area (Å²) in [6.45, 7) is 0.673. The number of hydrogen-bond donors (Lipinski definition) is 1. The van der Waals surface area contributed by atoms with Crippen molar-refractivity contribution in [1.29, 1.82) is 0 Å². The molecule has 0 aliphatic carbocycles. The number of anilines is 1. The van der Waals surface area contributed by atoms with Crippen LogP contribution in [0.5, 0.6) is 11.5 Å². The Kier molecular flexibility index (Phi) is 4.30. The normalized spacial score (nSPS) is 22.7. The van der Waals surface area contributed by atoms with Crippen LogP contribution in [0.3, 0.4) is 0 Å². The van der Waals surface area contributed by atoms with E-state index in [1.165, 1.54) is 0 Å². The van der Waals surface area contributed by atoms with E-state index in [-0.39, 0.29) is 38.6 Å². The average molecular weight is 449 g/mol. The number of pyridine rings is 2. The van der Waals surface area contributed by atoms with Crippen molar-refractivity contribution in [2.75, 3.05) is 24.6 Å². The van der Waals surface area contributed by atoms with Crippen molar-refractivity contribution in [3.05, 3.63) is 66.1 Å². The van der Waals surface area contributed by atoms with Gasteiger partial charge in [-0.3, -0.25) is 4.98 Å². The first kappa shape index (κ1) is 19.9. The van der Waals surface area contributed by atoms with Crippen molar-refractivity contribution in [3.63, 3.8) is 0 Å². The predicted molar refractivity (Wildman–Crippen MR) is 119 cm³/mol. The zero-order valence-electron chi connectivity index (χ0n) is 17.7. The first-order valence-electron chi connectivity index (χ1n) is 10.8. The first-order valence-corrected chi connectivity index (χ1v) is 10.8. The number of nitrogens with two attached hydrogens (primary N) is 1. The highest BCUT2D eigenvalue weighted by molar-refractivity contribution is 5.78. The minimum absolute atomic E-state index is 0.0940. The third-order valence-electron chi connectivity index (χ3n) is 6.49. The fraction of sp³-hybridized carbons (Fsp3) is 0.292. The highest BCUT2D eigenvalue weighted by Gasteiger charge is 2.47. The van der Waals surface area contributed by atoms with E-state index in [0.29, 0.717) is 17.3 Å². The lowest BCUT2D eigenvalue weighted by atomic mass is 9.80. The van der Waals surface area contributed by atoms with E-state index in [2.05, 4.69) is 9.97 Å². The molecular weight excluding hydrogens is 428 g/mol.